The molecule has 0 bridgehead atoms. The zero-order valence-electron chi connectivity index (χ0n) is 17.3. The van der Waals surface area contributed by atoms with Crippen LogP contribution in [0.3, 0.4) is 0 Å². The lowest BCUT2D eigenvalue weighted by Crippen LogP contribution is -2.23. The van der Waals surface area contributed by atoms with E-state index < -0.39 is 15.8 Å². The lowest BCUT2D eigenvalue weighted by Gasteiger charge is -2.08. The van der Waals surface area contributed by atoms with Crippen molar-refractivity contribution in [2.45, 2.75) is 18.4 Å². The van der Waals surface area contributed by atoms with Crippen LogP contribution < -0.4 is 14.8 Å². The average molecular weight is 456 g/mol. The van der Waals surface area contributed by atoms with Crippen molar-refractivity contribution in [1.29, 1.82) is 0 Å². The Kier molecular flexibility index (Phi) is 7.69. The molecule has 0 unspecified atom stereocenters. The Morgan fingerprint density at radius 3 is 2.59 bits per heavy atom. The van der Waals surface area contributed by atoms with Gasteiger partial charge in [-0.05, 0) is 53.6 Å². The lowest BCUT2D eigenvalue weighted by atomic mass is 10.2. The number of halogens is 1. The van der Waals surface area contributed by atoms with Crippen molar-refractivity contribution in [2.75, 3.05) is 6.54 Å². The van der Waals surface area contributed by atoms with Crippen LogP contribution in [0.25, 0.3) is 6.08 Å². The molecule has 2 aromatic carbocycles. The van der Waals surface area contributed by atoms with E-state index in [1.54, 1.807) is 49.5 Å². The molecule has 1 heterocycles. The second kappa shape index (κ2) is 10.7. The highest BCUT2D eigenvalue weighted by molar-refractivity contribution is 7.89. The topological polar surface area (TPSA) is 97.4 Å². The van der Waals surface area contributed by atoms with Crippen LogP contribution in [0.2, 0.25) is 0 Å². The normalized spacial score (nSPS) is 11.4. The molecule has 32 heavy (non-hydrogen) atoms. The molecule has 2 N–H and O–H groups in total. The van der Waals surface area contributed by atoms with Gasteiger partial charge in [-0.3, -0.25) is 9.78 Å². The first-order valence-corrected chi connectivity index (χ1v) is 11.3. The smallest absolute Gasteiger partial charge is 0.244 e. The first kappa shape index (κ1) is 23.1. The standard InChI is InChI=1S/C23H22FN3O4S/c1-2-27-32(29,30)20-9-5-17(6-10-20)8-12-23(28)26-15-18-7-11-22(21(24)14-18)31-19-4-3-13-25-16-19/h3-14,16,27H,2,15H2,1H3,(H,26,28)/b12-8+. The van der Waals surface area contributed by atoms with Gasteiger partial charge in [0.05, 0.1) is 11.1 Å². The van der Waals surface area contributed by atoms with Gasteiger partial charge in [-0.1, -0.05) is 25.1 Å². The molecule has 3 rings (SSSR count). The molecule has 166 valence electrons. The molecule has 0 spiro atoms. The zero-order chi connectivity index (χ0) is 23.0. The monoisotopic (exact) mass is 455 g/mol. The molecular formula is C23H22FN3O4S. The minimum absolute atomic E-state index is 0.0626. The Balaban J connectivity index is 1.54. The predicted molar refractivity (Wildman–Crippen MR) is 119 cm³/mol. The maximum atomic E-state index is 14.3. The van der Waals surface area contributed by atoms with Crippen LogP contribution in [0.1, 0.15) is 18.1 Å². The minimum atomic E-state index is -3.52. The number of carbonyl (C=O) groups excluding carboxylic acids is 1. The second-order valence-corrected chi connectivity index (χ2v) is 8.44. The summed E-state index contributed by atoms with van der Waals surface area (Å²) in [6.07, 6.45) is 5.96. The molecule has 0 atom stereocenters. The maximum absolute atomic E-state index is 14.3. The van der Waals surface area contributed by atoms with Gasteiger partial charge in [0, 0.05) is 25.4 Å². The van der Waals surface area contributed by atoms with Gasteiger partial charge in [-0.15, -0.1) is 0 Å². The van der Waals surface area contributed by atoms with Crippen LogP contribution in [-0.4, -0.2) is 25.9 Å². The molecule has 0 aliphatic heterocycles. The number of hydrogen-bond acceptors (Lipinski definition) is 5. The van der Waals surface area contributed by atoms with E-state index in [1.165, 1.54) is 36.5 Å². The van der Waals surface area contributed by atoms with E-state index in [9.17, 15) is 17.6 Å². The molecule has 0 radical (unpaired) electrons. The summed E-state index contributed by atoms with van der Waals surface area (Å²) in [5.41, 5.74) is 1.24. The second-order valence-electron chi connectivity index (χ2n) is 6.68. The molecule has 0 saturated heterocycles. The largest absolute Gasteiger partial charge is 0.453 e. The molecule has 0 fully saturated rings. The highest BCUT2D eigenvalue weighted by Gasteiger charge is 2.11. The number of pyridine rings is 1. The van der Waals surface area contributed by atoms with E-state index in [2.05, 4.69) is 15.0 Å². The van der Waals surface area contributed by atoms with E-state index >= 15 is 0 Å². The van der Waals surface area contributed by atoms with E-state index in [0.29, 0.717) is 23.4 Å². The zero-order valence-corrected chi connectivity index (χ0v) is 18.1. The number of hydrogen-bond donors (Lipinski definition) is 2. The SMILES string of the molecule is CCNS(=O)(=O)c1ccc(/C=C/C(=O)NCc2ccc(Oc3cccnc3)c(F)c2)cc1. The number of nitrogens with zero attached hydrogens (tertiary/aromatic N) is 1. The Hall–Kier alpha value is -3.56. The summed E-state index contributed by atoms with van der Waals surface area (Å²) in [4.78, 5) is 16.1. The number of sulfonamides is 1. The Bertz CT molecular complexity index is 1200. The number of carbonyl (C=O) groups is 1. The van der Waals surface area contributed by atoms with E-state index in [0.717, 1.165) is 0 Å². The molecule has 1 aromatic heterocycles. The van der Waals surface area contributed by atoms with Crippen LogP contribution in [-0.2, 0) is 21.4 Å². The van der Waals surface area contributed by atoms with Gasteiger partial charge in [0.1, 0.15) is 5.75 Å². The van der Waals surface area contributed by atoms with Gasteiger partial charge in [0.15, 0.2) is 11.6 Å². The first-order valence-electron chi connectivity index (χ1n) is 9.79. The number of benzene rings is 2. The van der Waals surface area contributed by atoms with Crippen molar-refractivity contribution < 1.29 is 22.3 Å². The third kappa shape index (κ3) is 6.47. The summed E-state index contributed by atoms with van der Waals surface area (Å²) < 4.78 is 46.0. The van der Waals surface area contributed by atoms with Crippen molar-refractivity contribution in [3.63, 3.8) is 0 Å². The van der Waals surface area contributed by atoms with Gasteiger partial charge in [-0.2, -0.15) is 0 Å². The maximum Gasteiger partial charge on any atom is 0.244 e. The van der Waals surface area contributed by atoms with Gasteiger partial charge in [0.2, 0.25) is 15.9 Å². The van der Waals surface area contributed by atoms with Crippen molar-refractivity contribution in [3.05, 3.63) is 90.0 Å². The van der Waals surface area contributed by atoms with Gasteiger partial charge in [-0.25, -0.2) is 17.5 Å². The molecule has 3 aromatic rings. The quantitative estimate of drug-likeness (QED) is 0.480. The Morgan fingerprint density at radius 1 is 1.16 bits per heavy atom. The molecule has 0 saturated carbocycles. The highest BCUT2D eigenvalue weighted by atomic mass is 32.2. The number of rotatable bonds is 9. The van der Waals surface area contributed by atoms with Crippen molar-refractivity contribution in [3.8, 4) is 11.5 Å². The molecule has 7 nitrogen and oxygen atoms in total. The highest BCUT2D eigenvalue weighted by Crippen LogP contribution is 2.24. The van der Waals surface area contributed by atoms with Crippen molar-refractivity contribution in [2.24, 2.45) is 0 Å². The third-order valence-corrected chi connectivity index (χ3v) is 5.84. The first-order chi connectivity index (χ1) is 15.4. The molecule has 0 aliphatic carbocycles. The molecular weight excluding hydrogens is 433 g/mol. The van der Waals surface area contributed by atoms with Crippen LogP contribution in [0.5, 0.6) is 11.5 Å². The molecule has 0 aliphatic rings. The summed E-state index contributed by atoms with van der Waals surface area (Å²) in [6, 6.07) is 13.9. The van der Waals surface area contributed by atoms with Crippen molar-refractivity contribution >= 4 is 22.0 Å². The van der Waals surface area contributed by atoms with E-state index in [4.69, 9.17) is 4.74 Å². The van der Waals surface area contributed by atoms with Gasteiger partial charge < -0.3 is 10.1 Å². The number of amides is 1. The number of nitrogens with one attached hydrogen (secondary N) is 2. The molecule has 1 amide bonds. The summed E-state index contributed by atoms with van der Waals surface area (Å²) in [5, 5.41) is 2.67. The fraction of sp³-hybridized carbons (Fsp3) is 0.130. The number of aromatic nitrogens is 1. The number of ether oxygens (including phenoxy) is 1. The average Bonchev–Trinajstić information content (AvgIpc) is 2.79. The summed E-state index contributed by atoms with van der Waals surface area (Å²) in [5.74, 6) is -0.438. The van der Waals surface area contributed by atoms with Crippen LogP contribution in [0.4, 0.5) is 4.39 Å². The fourth-order valence-electron chi connectivity index (χ4n) is 2.72. The minimum Gasteiger partial charge on any atom is -0.453 e. The van der Waals surface area contributed by atoms with Gasteiger partial charge >= 0.3 is 0 Å². The Morgan fingerprint density at radius 2 is 1.94 bits per heavy atom. The van der Waals surface area contributed by atoms with Crippen LogP contribution in [0, 0.1) is 5.82 Å². The lowest BCUT2D eigenvalue weighted by molar-refractivity contribution is -0.116. The van der Waals surface area contributed by atoms with Gasteiger partial charge in [0.25, 0.3) is 0 Å². The summed E-state index contributed by atoms with van der Waals surface area (Å²) >= 11 is 0. The summed E-state index contributed by atoms with van der Waals surface area (Å²) in [6.45, 7) is 2.13. The van der Waals surface area contributed by atoms with Crippen LogP contribution >= 0.6 is 0 Å². The Labute approximate surface area is 186 Å². The van der Waals surface area contributed by atoms with E-state index in [1.807, 2.05) is 0 Å². The van der Waals surface area contributed by atoms with E-state index in [-0.39, 0.29) is 23.1 Å². The van der Waals surface area contributed by atoms with Crippen molar-refractivity contribution in [1.82, 2.24) is 15.0 Å². The third-order valence-electron chi connectivity index (χ3n) is 4.28. The fourth-order valence-corrected chi connectivity index (χ4v) is 3.76. The molecule has 9 heteroatoms. The summed E-state index contributed by atoms with van der Waals surface area (Å²) in [7, 11) is -3.52. The predicted octanol–water partition coefficient (Wildman–Crippen LogP) is 3.64. The van der Waals surface area contributed by atoms with Crippen LogP contribution in [0.15, 0.2) is 78.0 Å².